The molecule has 0 aliphatic heterocycles. The molecule has 0 fully saturated rings. The average molecular weight is 197 g/mol. The molecule has 3 rings (SSSR count). The van der Waals surface area contributed by atoms with Gasteiger partial charge in [0.25, 0.3) is 0 Å². The van der Waals surface area contributed by atoms with Crippen molar-refractivity contribution in [1.82, 2.24) is 0 Å². The van der Waals surface area contributed by atoms with Gasteiger partial charge in [-0.15, -0.1) is 0 Å². The molecule has 1 nitrogen and oxygen atoms in total. The quantitative estimate of drug-likeness (QED) is 0.503. The molecule has 0 heterocycles. The summed E-state index contributed by atoms with van der Waals surface area (Å²) in [7, 11) is -1.73. The van der Waals surface area contributed by atoms with Crippen LogP contribution in [0.2, 0.25) is 13.1 Å². The summed E-state index contributed by atoms with van der Waals surface area (Å²) in [5, 5.41) is 1.16. The smallest absolute Gasteiger partial charge is 0.193 e. The van der Waals surface area contributed by atoms with Gasteiger partial charge in [-0.3, -0.25) is 4.79 Å². The fraction of sp³-hybridized carbons (Fsp3) is 0.222. The first kappa shape index (κ1) is 8.02. The highest BCUT2D eigenvalue weighted by molar-refractivity contribution is 7.26. The Bertz CT molecular complexity index is 341. The Kier molecular flexibility index (Phi) is 1.47. The van der Waals surface area contributed by atoms with Crippen LogP contribution in [0.15, 0.2) is 18.2 Å². The molecule has 0 atom stereocenters. The number of fused-ring (bicyclic) bond motifs is 2. The van der Waals surface area contributed by atoms with E-state index in [2.05, 4.69) is 13.1 Å². The third kappa shape index (κ3) is 1.03. The minimum atomic E-state index is -1.73. The first-order chi connectivity index (χ1) is 5.48. The maximum absolute atomic E-state index is 11.1. The molecule has 2 bridgehead atoms. The van der Waals surface area contributed by atoms with Gasteiger partial charge in [0.05, 0.1) is 0 Å². The van der Waals surface area contributed by atoms with E-state index >= 15 is 0 Å². The summed E-state index contributed by atoms with van der Waals surface area (Å²) < 4.78 is 0. The lowest BCUT2D eigenvalue weighted by Gasteiger charge is -2.21. The highest BCUT2D eigenvalue weighted by Gasteiger charge is 2.28. The van der Waals surface area contributed by atoms with Gasteiger partial charge < -0.3 is 0 Å². The molecule has 2 aliphatic carbocycles. The van der Waals surface area contributed by atoms with Gasteiger partial charge >= 0.3 is 0 Å². The van der Waals surface area contributed by atoms with Crippen molar-refractivity contribution in [2.75, 3.05) is 0 Å². The molecule has 0 amide bonds. The van der Waals surface area contributed by atoms with Gasteiger partial charge in [-0.1, -0.05) is 25.2 Å². The lowest BCUT2D eigenvalue weighted by Crippen LogP contribution is -2.38. The van der Waals surface area contributed by atoms with Gasteiger partial charge in [0.2, 0.25) is 0 Å². The molecule has 0 saturated carbocycles. The molecule has 3 heteroatoms. The van der Waals surface area contributed by atoms with E-state index in [1.165, 1.54) is 0 Å². The summed E-state index contributed by atoms with van der Waals surface area (Å²) >= 11 is 6.23. The van der Waals surface area contributed by atoms with Gasteiger partial charge in [-0.05, 0) is 11.3 Å². The largest absolute Gasteiger partial charge is 0.289 e. The molecule has 1 aromatic carbocycles. The highest BCUT2D eigenvalue weighted by Crippen LogP contribution is 2.22. The number of hydrogen-bond donors (Lipinski definition) is 0. The van der Waals surface area contributed by atoms with Crippen LogP contribution in [0.3, 0.4) is 0 Å². The standard InChI is InChI=1S/C9H9ClOSi/c1-12(2,10)8-4-6-3-7(5-8)9(6)11/h3-5H,1-2H3. The summed E-state index contributed by atoms with van der Waals surface area (Å²) in [6, 6.07) is 5.76. The molecule has 0 unspecified atom stereocenters. The molecule has 0 N–H and O–H groups in total. The van der Waals surface area contributed by atoms with Gasteiger partial charge in [0.15, 0.2) is 13.2 Å². The van der Waals surface area contributed by atoms with Gasteiger partial charge in [-0.25, -0.2) is 0 Å². The van der Waals surface area contributed by atoms with Crippen molar-refractivity contribution < 1.29 is 4.79 Å². The van der Waals surface area contributed by atoms with Crippen LogP contribution in [0.1, 0.15) is 15.9 Å². The first-order valence-electron chi connectivity index (χ1n) is 3.88. The molecule has 62 valence electrons. The van der Waals surface area contributed by atoms with E-state index in [9.17, 15) is 4.79 Å². The Labute approximate surface area is 77.1 Å². The molecule has 0 aromatic heterocycles. The van der Waals surface area contributed by atoms with Crippen LogP contribution in [0.4, 0.5) is 0 Å². The summed E-state index contributed by atoms with van der Waals surface area (Å²) in [6.45, 7) is 4.13. The monoisotopic (exact) mass is 196 g/mol. The first-order valence-corrected chi connectivity index (χ1v) is 7.89. The summed E-state index contributed by atoms with van der Waals surface area (Å²) in [6.07, 6.45) is 0. The van der Waals surface area contributed by atoms with Gasteiger partial charge in [0.1, 0.15) is 0 Å². The zero-order chi connectivity index (χ0) is 8.93. The van der Waals surface area contributed by atoms with Crippen LogP contribution in [-0.4, -0.2) is 13.2 Å². The van der Waals surface area contributed by atoms with E-state index in [-0.39, 0.29) is 5.78 Å². The van der Waals surface area contributed by atoms with Crippen molar-refractivity contribution in [3.05, 3.63) is 29.3 Å². The van der Waals surface area contributed by atoms with Crippen molar-refractivity contribution in [3.63, 3.8) is 0 Å². The zero-order valence-electron chi connectivity index (χ0n) is 7.02. The number of ketones is 1. The number of halogens is 1. The van der Waals surface area contributed by atoms with Crippen molar-refractivity contribution in [2.45, 2.75) is 13.1 Å². The average Bonchev–Trinajstić information content (AvgIpc) is 2.02. The van der Waals surface area contributed by atoms with E-state index in [0.29, 0.717) is 0 Å². The third-order valence-corrected chi connectivity index (χ3v) is 4.46. The minimum absolute atomic E-state index is 0.175. The Hall–Kier alpha value is -0.603. The number of hydrogen-bond acceptors (Lipinski definition) is 1. The van der Waals surface area contributed by atoms with E-state index in [1.807, 2.05) is 18.2 Å². The van der Waals surface area contributed by atoms with Crippen molar-refractivity contribution in [3.8, 4) is 0 Å². The van der Waals surface area contributed by atoms with Crippen LogP contribution in [0, 0.1) is 0 Å². The van der Waals surface area contributed by atoms with E-state index in [1.54, 1.807) is 0 Å². The van der Waals surface area contributed by atoms with Crippen molar-refractivity contribution in [1.29, 1.82) is 0 Å². The highest BCUT2D eigenvalue weighted by atomic mass is 35.6. The molecule has 12 heavy (non-hydrogen) atoms. The van der Waals surface area contributed by atoms with Gasteiger partial charge in [0, 0.05) is 11.1 Å². The second-order valence-corrected chi connectivity index (χ2v) is 9.96. The Morgan fingerprint density at radius 1 is 1.17 bits per heavy atom. The van der Waals surface area contributed by atoms with Crippen molar-refractivity contribution in [2.24, 2.45) is 0 Å². The van der Waals surface area contributed by atoms with E-state index in [0.717, 1.165) is 16.3 Å². The minimum Gasteiger partial charge on any atom is -0.289 e. The maximum atomic E-state index is 11.1. The van der Waals surface area contributed by atoms with Gasteiger partial charge in [-0.2, -0.15) is 11.1 Å². The lowest BCUT2D eigenvalue weighted by molar-refractivity contribution is 0.102. The lowest BCUT2D eigenvalue weighted by atomic mass is 9.92. The zero-order valence-corrected chi connectivity index (χ0v) is 8.77. The summed E-state index contributed by atoms with van der Waals surface area (Å²) in [5.41, 5.74) is 1.65. The number of rotatable bonds is 1. The summed E-state index contributed by atoms with van der Waals surface area (Å²) in [4.78, 5) is 11.1. The number of carbonyl (C=O) groups is 1. The number of benzene rings is 1. The second-order valence-electron chi connectivity index (χ2n) is 3.60. The topological polar surface area (TPSA) is 17.1 Å². The molecule has 0 radical (unpaired) electrons. The molecule has 2 aliphatic rings. The third-order valence-electron chi connectivity index (χ3n) is 2.14. The second kappa shape index (κ2) is 2.21. The summed E-state index contributed by atoms with van der Waals surface area (Å²) in [5.74, 6) is 0.175. The maximum Gasteiger partial charge on any atom is 0.193 e. The molecule has 0 saturated heterocycles. The fourth-order valence-corrected chi connectivity index (χ4v) is 2.65. The van der Waals surface area contributed by atoms with E-state index < -0.39 is 7.38 Å². The van der Waals surface area contributed by atoms with Crippen LogP contribution in [0.25, 0.3) is 0 Å². The Morgan fingerprint density at radius 2 is 1.67 bits per heavy atom. The van der Waals surface area contributed by atoms with Crippen LogP contribution in [0.5, 0.6) is 0 Å². The predicted molar refractivity (Wildman–Crippen MR) is 52.8 cm³/mol. The Balaban J connectivity index is 2.50. The molecular formula is C9H9ClOSi. The molecule has 1 aromatic rings. The van der Waals surface area contributed by atoms with Crippen LogP contribution in [-0.2, 0) is 0 Å². The molecule has 0 spiro atoms. The van der Waals surface area contributed by atoms with Crippen LogP contribution < -0.4 is 5.19 Å². The number of carbonyl (C=O) groups excluding carboxylic acids is 1. The van der Waals surface area contributed by atoms with Crippen molar-refractivity contribution >= 4 is 29.4 Å². The van der Waals surface area contributed by atoms with Crippen LogP contribution >= 0.6 is 11.1 Å². The Morgan fingerprint density at radius 3 is 2.00 bits per heavy atom. The van der Waals surface area contributed by atoms with E-state index in [4.69, 9.17) is 11.1 Å². The SMILES string of the molecule is C[Si](C)(Cl)c1cc2cc(c1)C2=O. The normalized spacial score (nSPS) is 14.4. The molecular weight excluding hydrogens is 188 g/mol. The fourth-order valence-electron chi connectivity index (χ4n) is 1.32. The predicted octanol–water partition coefficient (Wildman–Crippen LogP) is 1.88.